The summed E-state index contributed by atoms with van der Waals surface area (Å²) in [7, 11) is 0. The van der Waals surface area contributed by atoms with Crippen LogP contribution in [0.2, 0.25) is 0 Å². The molecule has 0 unspecified atom stereocenters. The lowest BCUT2D eigenvalue weighted by Gasteiger charge is -2.07. The first-order valence-electron chi connectivity index (χ1n) is 7.67. The summed E-state index contributed by atoms with van der Waals surface area (Å²) >= 11 is 5.28. The quantitative estimate of drug-likeness (QED) is 0.555. The van der Waals surface area contributed by atoms with Gasteiger partial charge in [-0.05, 0) is 61.5 Å². The normalized spacial score (nSPS) is 10.6. The standard InChI is InChI=1S/C17H18N6OS/c1-11-7-12(2)9-14(8-11)20-15(24)10-22-17(25)23(18)16(21-22)13-3-5-19-6-4-13/h3-9H,10,18H2,1-2H3,(H,20,24). The van der Waals surface area contributed by atoms with Crippen molar-refractivity contribution in [2.75, 3.05) is 11.2 Å². The average Bonchev–Trinajstić information content (AvgIpc) is 2.83. The van der Waals surface area contributed by atoms with E-state index in [1.807, 2.05) is 32.0 Å². The minimum atomic E-state index is -0.222. The van der Waals surface area contributed by atoms with Crippen LogP contribution >= 0.6 is 12.2 Å². The van der Waals surface area contributed by atoms with Gasteiger partial charge in [0.2, 0.25) is 10.7 Å². The van der Waals surface area contributed by atoms with Gasteiger partial charge < -0.3 is 11.2 Å². The van der Waals surface area contributed by atoms with Crippen molar-refractivity contribution in [1.29, 1.82) is 0 Å². The third-order valence-electron chi connectivity index (χ3n) is 3.61. The number of aryl methyl sites for hydroxylation is 2. The summed E-state index contributed by atoms with van der Waals surface area (Å²) in [6.07, 6.45) is 3.29. The van der Waals surface area contributed by atoms with Gasteiger partial charge in [0.05, 0.1) is 0 Å². The first kappa shape index (κ1) is 16.8. The second kappa shape index (κ2) is 6.86. The molecule has 2 heterocycles. The summed E-state index contributed by atoms with van der Waals surface area (Å²) in [5.41, 5.74) is 3.68. The Kier molecular flexibility index (Phi) is 4.62. The van der Waals surface area contributed by atoms with Gasteiger partial charge >= 0.3 is 0 Å². The molecular formula is C17H18N6OS. The van der Waals surface area contributed by atoms with Crippen molar-refractivity contribution in [2.24, 2.45) is 0 Å². The molecule has 25 heavy (non-hydrogen) atoms. The molecule has 8 heteroatoms. The van der Waals surface area contributed by atoms with Crippen LogP contribution in [0.25, 0.3) is 11.4 Å². The summed E-state index contributed by atoms with van der Waals surface area (Å²) in [5.74, 6) is 6.24. The summed E-state index contributed by atoms with van der Waals surface area (Å²) in [6.45, 7) is 3.94. The molecule has 3 N–H and O–H groups in total. The molecule has 128 valence electrons. The third-order valence-corrected chi connectivity index (χ3v) is 4.02. The SMILES string of the molecule is Cc1cc(C)cc(NC(=O)Cn2nc(-c3ccncc3)n(N)c2=S)c1. The Balaban J connectivity index is 1.81. The number of carbonyl (C=O) groups is 1. The molecule has 0 fully saturated rings. The second-order valence-electron chi connectivity index (χ2n) is 5.79. The molecule has 0 saturated carbocycles. The van der Waals surface area contributed by atoms with Crippen molar-refractivity contribution >= 4 is 23.8 Å². The summed E-state index contributed by atoms with van der Waals surface area (Å²) in [6, 6.07) is 9.42. The monoisotopic (exact) mass is 354 g/mol. The van der Waals surface area contributed by atoms with E-state index >= 15 is 0 Å². The Hall–Kier alpha value is -3.00. The minimum Gasteiger partial charge on any atom is -0.335 e. The van der Waals surface area contributed by atoms with Crippen LogP contribution in [-0.4, -0.2) is 25.3 Å². The van der Waals surface area contributed by atoms with E-state index in [-0.39, 0.29) is 17.2 Å². The number of carbonyl (C=O) groups excluding carboxylic acids is 1. The molecule has 0 atom stereocenters. The highest BCUT2D eigenvalue weighted by Crippen LogP contribution is 2.16. The van der Waals surface area contributed by atoms with Gasteiger partial charge in [0.1, 0.15) is 6.54 Å². The highest BCUT2D eigenvalue weighted by atomic mass is 32.1. The maximum atomic E-state index is 12.3. The molecule has 1 amide bonds. The van der Waals surface area contributed by atoms with Crippen molar-refractivity contribution in [3.63, 3.8) is 0 Å². The van der Waals surface area contributed by atoms with Crippen LogP contribution in [0.4, 0.5) is 5.69 Å². The highest BCUT2D eigenvalue weighted by Gasteiger charge is 2.13. The van der Waals surface area contributed by atoms with Crippen LogP contribution in [0.3, 0.4) is 0 Å². The maximum absolute atomic E-state index is 12.3. The Morgan fingerprint density at radius 1 is 1.20 bits per heavy atom. The first-order chi connectivity index (χ1) is 11.9. The zero-order chi connectivity index (χ0) is 18.0. The minimum absolute atomic E-state index is 0.0197. The van der Waals surface area contributed by atoms with E-state index in [1.54, 1.807) is 24.5 Å². The maximum Gasteiger partial charge on any atom is 0.246 e. The number of pyridine rings is 1. The van der Waals surface area contributed by atoms with Crippen LogP contribution in [0.1, 0.15) is 11.1 Å². The Bertz CT molecular complexity index is 956. The Morgan fingerprint density at radius 3 is 2.48 bits per heavy atom. The molecule has 0 aliphatic heterocycles. The number of nitrogen functional groups attached to an aromatic ring is 1. The van der Waals surface area contributed by atoms with Crippen LogP contribution < -0.4 is 11.2 Å². The van der Waals surface area contributed by atoms with Crippen molar-refractivity contribution in [1.82, 2.24) is 19.4 Å². The lowest BCUT2D eigenvalue weighted by molar-refractivity contribution is -0.116. The van der Waals surface area contributed by atoms with E-state index in [1.165, 1.54) is 9.36 Å². The molecule has 3 aromatic rings. The highest BCUT2D eigenvalue weighted by molar-refractivity contribution is 7.71. The summed E-state index contributed by atoms with van der Waals surface area (Å²) < 4.78 is 2.96. The number of hydrogen-bond acceptors (Lipinski definition) is 5. The van der Waals surface area contributed by atoms with Crippen LogP contribution in [0.5, 0.6) is 0 Å². The lowest BCUT2D eigenvalue weighted by Crippen LogP contribution is -2.20. The lowest BCUT2D eigenvalue weighted by atomic mass is 10.1. The molecule has 0 aliphatic rings. The van der Waals surface area contributed by atoms with E-state index in [2.05, 4.69) is 15.4 Å². The topological polar surface area (TPSA) is 90.8 Å². The van der Waals surface area contributed by atoms with Crippen molar-refractivity contribution in [3.8, 4) is 11.4 Å². The summed E-state index contributed by atoms with van der Waals surface area (Å²) in [5, 5.41) is 7.22. The predicted molar refractivity (Wildman–Crippen MR) is 99.0 cm³/mol. The number of nitrogens with zero attached hydrogens (tertiary/aromatic N) is 4. The largest absolute Gasteiger partial charge is 0.335 e. The molecule has 0 radical (unpaired) electrons. The van der Waals surface area contributed by atoms with E-state index in [0.717, 1.165) is 22.4 Å². The van der Waals surface area contributed by atoms with Gasteiger partial charge in [-0.1, -0.05) is 6.07 Å². The van der Waals surface area contributed by atoms with Gasteiger partial charge in [0.15, 0.2) is 5.82 Å². The molecule has 2 aromatic heterocycles. The van der Waals surface area contributed by atoms with Crippen LogP contribution in [-0.2, 0) is 11.3 Å². The average molecular weight is 354 g/mol. The Labute approximate surface area is 150 Å². The number of hydrogen-bond donors (Lipinski definition) is 2. The smallest absolute Gasteiger partial charge is 0.246 e. The third kappa shape index (κ3) is 3.74. The summed E-state index contributed by atoms with van der Waals surface area (Å²) in [4.78, 5) is 16.3. The number of anilines is 1. The number of nitrogens with one attached hydrogen (secondary N) is 1. The Morgan fingerprint density at radius 2 is 1.84 bits per heavy atom. The van der Waals surface area contributed by atoms with Gasteiger partial charge in [-0.3, -0.25) is 9.78 Å². The van der Waals surface area contributed by atoms with Crippen LogP contribution in [0.15, 0.2) is 42.7 Å². The fourth-order valence-corrected chi connectivity index (χ4v) is 2.80. The zero-order valence-corrected chi connectivity index (χ0v) is 14.7. The second-order valence-corrected chi connectivity index (χ2v) is 6.16. The number of aromatic nitrogens is 4. The van der Waals surface area contributed by atoms with Gasteiger partial charge in [-0.2, -0.15) is 0 Å². The van der Waals surface area contributed by atoms with E-state index in [9.17, 15) is 4.79 Å². The number of rotatable bonds is 4. The van der Waals surface area contributed by atoms with E-state index in [0.29, 0.717) is 5.82 Å². The number of amides is 1. The number of benzene rings is 1. The number of nitrogens with two attached hydrogens (primary N) is 1. The van der Waals surface area contributed by atoms with Gasteiger partial charge in [-0.25, -0.2) is 9.36 Å². The predicted octanol–water partition coefficient (Wildman–Crippen LogP) is 2.45. The van der Waals surface area contributed by atoms with Crippen molar-refractivity contribution in [3.05, 3.63) is 58.6 Å². The molecule has 0 aliphatic carbocycles. The molecule has 7 nitrogen and oxygen atoms in total. The van der Waals surface area contributed by atoms with E-state index in [4.69, 9.17) is 18.1 Å². The van der Waals surface area contributed by atoms with E-state index < -0.39 is 0 Å². The molecule has 0 bridgehead atoms. The molecule has 3 rings (SSSR count). The van der Waals surface area contributed by atoms with Gasteiger partial charge in [0, 0.05) is 23.6 Å². The molecular weight excluding hydrogens is 336 g/mol. The van der Waals surface area contributed by atoms with Crippen molar-refractivity contribution in [2.45, 2.75) is 20.4 Å². The fraction of sp³-hybridized carbons (Fsp3) is 0.176. The van der Waals surface area contributed by atoms with Crippen LogP contribution in [0, 0.1) is 18.6 Å². The van der Waals surface area contributed by atoms with Crippen molar-refractivity contribution < 1.29 is 4.79 Å². The molecule has 0 saturated heterocycles. The van der Waals surface area contributed by atoms with Gasteiger partial charge in [-0.15, -0.1) is 5.10 Å². The fourth-order valence-electron chi connectivity index (χ4n) is 2.60. The first-order valence-corrected chi connectivity index (χ1v) is 8.08. The zero-order valence-electron chi connectivity index (χ0n) is 13.9. The molecule has 1 aromatic carbocycles. The van der Waals surface area contributed by atoms with Gasteiger partial charge in [0.25, 0.3) is 0 Å². The molecule has 0 spiro atoms.